The number of halogens is 1. The molecule has 2 aromatic carbocycles. The van der Waals surface area contributed by atoms with Crippen LogP contribution in [0.15, 0.2) is 54.6 Å². The van der Waals surface area contributed by atoms with Crippen molar-refractivity contribution in [2.24, 2.45) is 0 Å². The number of nitriles is 1. The molecule has 1 N–H and O–H groups in total. The highest BCUT2D eigenvalue weighted by molar-refractivity contribution is 5.78. The molecule has 0 aromatic heterocycles. The lowest BCUT2D eigenvalue weighted by molar-refractivity contribution is -0.122. The average molecular weight is 325 g/mol. The van der Waals surface area contributed by atoms with Crippen molar-refractivity contribution in [3.8, 4) is 6.07 Å². The van der Waals surface area contributed by atoms with E-state index >= 15 is 0 Å². The van der Waals surface area contributed by atoms with Crippen LogP contribution >= 0.6 is 0 Å². The maximum Gasteiger partial charge on any atom is 0.234 e. The lowest BCUT2D eigenvalue weighted by Gasteiger charge is -2.28. The fraction of sp³-hybridized carbons (Fsp3) is 0.263. The largest absolute Gasteiger partial charge is 0.354 e. The van der Waals surface area contributed by atoms with Crippen LogP contribution in [0.3, 0.4) is 0 Å². The van der Waals surface area contributed by atoms with Gasteiger partial charge in [0.2, 0.25) is 5.91 Å². The highest BCUT2D eigenvalue weighted by Gasteiger charge is 2.21. The molecule has 2 rings (SSSR count). The summed E-state index contributed by atoms with van der Waals surface area (Å²) in [5.41, 5.74) is 1.94. The third kappa shape index (κ3) is 4.90. The van der Waals surface area contributed by atoms with E-state index in [1.807, 2.05) is 48.3 Å². The van der Waals surface area contributed by atoms with E-state index in [1.54, 1.807) is 12.1 Å². The van der Waals surface area contributed by atoms with Gasteiger partial charge in [0, 0.05) is 6.54 Å². The number of amides is 1. The number of benzene rings is 2. The topological polar surface area (TPSA) is 56.1 Å². The average Bonchev–Trinajstić information content (AvgIpc) is 2.58. The summed E-state index contributed by atoms with van der Waals surface area (Å²) in [5, 5.41) is 11.2. The van der Waals surface area contributed by atoms with Gasteiger partial charge in [-0.1, -0.05) is 42.5 Å². The second-order valence-electron chi connectivity index (χ2n) is 5.54. The third-order valence-electron chi connectivity index (χ3n) is 3.69. The molecule has 1 amide bonds. The Balaban J connectivity index is 2.18. The van der Waals surface area contributed by atoms with Crippen LogP contribution in [-0.4, -0.2) is 30.9 Å². The molecule has 0 saturated carbocycles. The molecule has 5 heteroatoms. The van der Waals surface area contributed by atoms with Crippen LogP contribution in [0.2, 0.25) is 0 Å². The zero-order valence-corrected chi connectivity index (χ0v) is 13.6. The Morgan fingerprint density at radius 3 is 2.42 bits per heavy atom. The van der Waals surface area contributed by atoms with Gasteiger partial charge in [-0.3, -0.25) is 9.69 Å². The first-order valence-electron chi connectivity index (χ1n) is 7.76. The quantitative estimate of drug-likeness (QED) is 0.797. The van der Waals surface area contributed by atoms with E-state index in [9.17, 15) is 9.18 Å². The van der Waals surface area contributed by atoms with Gasteiger partial charge in [-0.25, -0.2) is 4.39 Å². The van der Waals surface area contributed by atoms with Gasteiger partial charge in [-0.15, -0.1) is 0 Å². The zero-order valence-electron chi connectivity index (χ0n) is 13.6. The van der Waals surface area contributed by atoms with Gasteiger partial charge in [0.15, 0.2) is 0 Å². The van der Waals surface area contributed by atoms with Crippen LogP contribution in [0.25, 0.3) is 0 Å². The second-order valence-corrected chi connectivity index (χ2v) is 5.54. The Hall–Kier alpha value is -2.71. The molecule has 0 saturated heterocycles. The number of hydrogen-bond acceptors (Lipinski definition) is 3. The summed E-state index contributed by atoms with van der Waals surface area (Å²) in [6, 6.07) is 17.9. The molecule has 2 aromatic rings. The lowest BCUT2D eigenvalue weighted by Crippen LogP contribution is -2.37. The Labute approximate surface area is 141 Å². The van der Waals surface area contributed by atoms with Crippen molar-refractivity contribution < 1.29 is 9.18 Å². The summed E-state index contributed by atoms with van der Waals surface area (Å²) in [4.78, 5) is 13.9. The summed E-state index contributed by atoms with van der Waals surface area (Å²) in [6.45, 7) is 0.526. The predicted octanol–water partition coefficient (Wildman–Crippen LogP) is 2.88. The molecule has 4 nitrogen and oxygen atoms in total. The van der Waals surface area contributed by atoms with Crippen LogP contribution in [0.4, 0.5) is 4.39 Å². The summed E-state index contributed by atoms with van der Waals surface area (Å²) in [5.74, 6) is -0.432. The van der Waals surface area contributed by atoms with Crippen LogP contribution in [0.5, 0.6) is 0 Å². The number of carbonyl (C=O) groups excluding carboxylic acids is 1. The molecule has 1 atom stereocenters. The number of nitrogens with zero attached hydrogens (tertiary/aromatic N) is 2. The molecule has 0 aliphatic carbocycles. The highest BCUT2D eigenvalue weighted by Crippen LogP contribution is 2.27. The summed E-state index contributed by atoms with van der Waals surface area (Å²) in [6.07, 6.45) is 0.287. The van der Waals surface area contributed by atoms with E-state index in [0.717, 1.165) is 11.1 Å². The van der Waals surface area contributed by atoms with Gasteiger partial charge in [0.05, 0.1) is 25.1 Å². The molecule has 0 aliphatic heterocycles. The van der Waals surface area contributed by atoms with E-state index in [2.05, 4.69) is 5.32 Å². The number of rotatable bonds is 7. The smallest absolute Gasteiger partial charge is 0.234 e. The fourth-order valence-corrected chi connectivity index (χ4v) is 2.61. The minimum Gasteiger partial charge on any atom is -0.354 e. The van der Waals surface area contributed by atoms with E-state index in [-0.39, 0.29) is 30.7 Å². The van der Waals surface area contributed by atoms with Crippen molar-refractivity contribution in [2.45, 2.75) is 12.5 Å². The summed E-state index contributed by atoms with van der Waals surface area (Å²) in [7, 11) is 1.85. The van der Waals surface area contributed by atoms with Crippen molar-refractivity contribution >= 4 is 5.91 Å². The van der Waals surface area contributed by atoms with E-state index < -0.39 is 0 Å². The SMILES string of the molecule is CN(CC(=O)NCCC#N)[C@@H](c1ccccc1)c1ccc(F)cc1. The Bertz CT molecular complexity index is 695. The summed E-state index contributed by atoms with van der Waals surface area (Å²) >= 11 is 0. The first kappa shape index (κ1) is 17.6. The van der Waals surface area contributed by atoms with Gasteiger partial charge in [0.25, 0.3) is 0 Å². The molecule has 0 bridgehead atoms. The highest BCUT2D eigenvalue weighted by atomic mass is 19.1. The van der Waals surface area contributed by atoms with Gasteiger partial charge < -0.3 is 5.32 Å². The third-order valence-corrected chi connectivity index (χ3v) is 3.69. The fourth-order valence-electron chi connectivity index (χ4n) is 2.61. The molecule has 0 aliphatic rings. The Morgan fingerprint density at radius 1 is 1.17 bits per heavy atom. The monoisotopic (exact) mass is 325 g/mol. The molecule has 124 valence electrons. The molecule has 0 unspecified atom stereocenters. The van der Waals surface area contributed by atoms with Crippen molar-refractivity contribution in [1.29, 1.82) is 5.26 Å². The molecule has 0 radical (unpaired) electrons. The van der Waals surface area contributed by atoms with Crippen LogP contribution < -0.4 is 5.32 Å². The maximum atomic E-state index is 13.2. The first-order valence-corrected chi connectivity index (χ1v) is 7.76. The second kappa shape index (κ2) is 8.80. The lowest BCUT2D eigenvalue weighted by atomic mass is 9.97. The van der Waals surface area contributed by atoms with Crippen molar-refractivity contribution in [1.82, 2.24) is 10.2 Å². The minimum atomic E-state index is -0.289. The van der Waals surface area contributed by atoms with Crippen LogP contribution in [0, 0.1) is 17.1 Å². The molecule has 0 spiro atoms. The van der Waals surface area contributed by atoms with Crippen molar-refractivity contribution in [2.75, 3.05) is 20.1 Å². The van der Waals surface area contributed by atoms with E-state index in [0.29, 0.717) is 6.54 Å². The number of hydrogen-bond donors (Lipinski definition) is 1. The normalized spacial score (nSPS) is 11.8. The Morgan fingerprint density at radius 2 is 1.79 bits per heavy atom. The molecular formula is C19H20FN3O. The van der Waals surface area contributed by atoms with Crippen molar-refractivity contribution in [3.05, 3.63) is 71.5 Å². The molecular weight excluding hydrogens is 305 g/mol. The molecule has 0 heterocycles. The zero-order chi connectivity index (χ0) is 17.4. The van der Waals surface area contributed by atoms with Crippen molar-refractivity contribution in [3.63, 3.8) is 0 Å². The predicted molar refractivity (Wildman–Crippen MR) is 90.6 cm³/mol. The number of likely N-dealkylation sites (N-methyl/N-ethyl adjacent to an activating group) is 1. The standard InChI is InChI=1S/C19H20FN3O/c1-23(14-18(24)22-13-5-12-21)19(15-6-3-2-4-7-15)16-8-10-17(20)11-9-16/h2-4,6-11,19H,5,13-14H2,1H3,(H,22,24)/t19-/m0/s1. The molecule has 24 heavy (non-hydrogen) atoms. The van der Waals surface area contributed by atoms with Crippen LogP contribution in [-0.2, 0) is 4.79 Å². The molecule has 0 fully saturated rings. The number of nitrogens with one attached hydrogen (secondary N) is 1. The van der Waals surface area contributed by atoms with Gasteiger partial charge in [0.1, 0.15) is 5.82 Å². The maximum absolute atomic E-state index is 13.2. The van der Waals surface area contributed by atoms with E-state index in [1.165, 1.54) is 12.1 Å². The Kier molecular flexibility index (Phi) is 6.47. The first-order chi connectivity index (χ1) is 11.6. The van der Waals surface area contributed by atoms with Gasteiger partial charge in [-0.2, -0.15) is 5.26 Å². The van der Waals surface area contributed by atoms with E-state index in [4.69, 9.17) is 5.26 Å². The van der Waals surface area contributed by atoms with Crippen LogP contribution in [0.1, 0.15) is 23.6 Å². The summed E-state index contributed by atoms with van der Waals surface area (Å²) < 4.78 is 13.2. The number of carbonyl (C=O) groups is 1. The van der Waals surface area contributed by atoms with Gasteiger partial charge >= 0.3 is 0 Å². The minimum absolute atomic E-state index is 0.143. The van der Waals surface area contributed by atoms with Gasteiger partial charge in [-0.05, 0) is 30.3 Å².